The zero-order chi connectivity index (χ0) is 14.4. The van der Waals surface area contributed by atoms with E-state index in [0.29, 0.717) is 39.0 Å². The zero-order valence-electron chi connectivity index (χ0n) is 11.5. The second-order valence-electron chi connectivity index (χ2n) is 5.05. The monoisotopic (exact) mass is 275 g/mol. The van der Waals surface area contributed by atoms with E-state index in [1.165, 1.54) is 0 Å². The number of nitrogens with one attached hydrogen (secondary N) is 1. The van der Waals surface area contributed by atoms with E-state index < -0.39 is 0 Å². The van der Waals surface area contributed by atoms with Crippen LogP contribution in [0.2, 0.25) is 0 Å². The zero-order valence-corrected chi connectivity index (χ0v) is 11.5. The molecule has 1 aromatic carbocycles. The van der Waals surface area contributed by atoms with Gasteiger partial charge >= 0.3 is 0 Å². The first-order valence-electron chi connectivity index (χ1n) is 7.00. The molecule has 5 heteroatoms. The lowest BCUT2D eigenvalue weighted by atomic mass is 9.98. The third kappa shape index (κ3) is 3.81. The van der Waals surface area contributed by atoms with E-state index in [9.17, 15) is 9.59 Å². The number of nitrogens with zero attached hydrogens (tertiary/aromatic N) is 1. The average Bonchev–Trinajstić information content (AvgIpc) is 2.70. The first-order valence-corrected chi connectivity index (χ1v) is 7.00. The van der Waals surface area contributed by atoms with E-state index in [2.05, 4.69) is 5.32 Å². The fourth-order valence-corrected chi connectivity index (χ4v) is 2.42. The molecule has 0 saturated carbocycles. The summed E-state index contributed by atoms with van der Waals surface area (Å²) in [4.78, 5) is 25.6. The van der Waals surface area contributed by atoms with E-state index in [1.807, 2.05) is 30.3 Å². The smallest absolute Gasteiger partial charge is 0.227 e. The molecule has 5 nitrogen and oxygen atoms in total. The Kier molecular flexibility index (Phi) is 5.12. The maximum atomic E-state index is 12.5. The largest absolute Gasteiger partial charge is 0.354 e. The molecule has 1 heterocycles. The Balaban J connectivity index is 1.99. The van der Waals surface area contributed by atoms with Crippen LogP contribution in [0.4, 0.5) is 0 Å². The van der Waals surface area contributed by atoms with Gasteiger partial charge in [0.05, 0.1) is 5.92 Å². The number of amides is 2. The number of carbonyl (C=O) groups is 2. The molecule has 1 atom stereocenters. The van der Waals surface area contributed by atoms with Crippen molar-refractivity contribution in [3.05, 3.63) is 35.9 Å². The van der Waals surface area contributed by atoms with Gasteiger partial charge in [-0.25, -0.2) is 0 Å². The molecule has 1 aliphatic rings. The molecule has 20 heavy (non-hydrogen) atoms. The lowest BCUT2D eigenvalue weighted by Gasteiger charge is -2.25. The second kappa shape index (κ2) is 7.05. The van der Waals surface area contributed by atoms with Crippen LogP contribution in [-0.2, 0) is 16.0 Å². The number of benzene rings is 1. The molecule has 2 rings (SSSR count). The van der Waals surface area contributed by atoms with Crippen molar-refractivity contribution in [1.29, 1.82) is 0 Å². The van der Waals surface area contributed by atoms with Gasteiger partial charge in [0.2, 0.25) is 11.8 Å². The topological polar surface area (TPSA) is 75.4 Å². The Morgan fingerprint density at radius 1 is 1.30 bits per heavy atom. The van der Waals surface area contributed by atoms with Crippen molar-refractivity contribution in [2.24, 2.45) is 11.7 Å². The molecule has 1 fully saturated rings. The van der Waals surface area contributed by atoms with Crippen molar-refractivity contribution in [1.82, 2.24) is 10.2 Å². The SMILES string of the molecule is NCC(Cc1ccccc1)C(=O)N1CCNC(=O)CC1. The molecule has 3 N–H and O–H groups in total. The predicted octanol–water partition coefficient (Wildman–Crippen LogP) is 0.152. The minimum atomic E-state index is -0.217. The van der Waals surface area contributed by atoms with Crippen LogP contribution in [0, 0.1) is 5.92 Å². The van der Waals surface area contributed by atoms with E-state index in [1.54, 1.807) is 4.90 Å². The van der Waals surface area contributed by atoms with Crippen LogP contribution in [0.3, 0.4) is 0 Å². The first-order chi connectivity index (χ1) is 9.70. The lowest BCUT2D eigenvalue weighted by Crippen LogP contribution is -2.41. The minimum absolute atomic E-state index is 0.00709. The summed E-state index contributed by atoms with van der Waals surface area (Å²) in [6.07, 6.45) is 1.02. The van der Waals surface area contributed by atoms with Crippen molar-refractivity contribution in [3.8, 4) is 0 Å². The van der Waals surface area contributed by atoms with Gasteiger partial charge in [-0.2, -0.15) is 0 Å². The van der Waals surface area contributed by atoms with Crippen LogP contribution in [0.25, 0.3) is 0 Å². The van der Waals surface area contributed by atoms with Crippen molar-refractivity contribution in [2.75, 3.05) is 26.2 Å². The predicted molar refractivity (Wildman–Crippen MR) is 76.9 cm³/mol. The van der Waals surface area contributed by atoms with Gasteiger partial charge in [-0.05, 0) is 12.0 Å². The summed E-state index contributed by atoms with van der Waals surface area (Å²) in [5.74, 6) is -0.161. The van der Waals surface area contributed by atoms with E-state index in [-0.39, 0.29) is 17.7 Å². The molecular weight excluding hydrogens is 254 g/mol. The minimum Gasteiger partial charge on any atom is -0.354 e. The maximum Gasteiger partial charge on any atom is 0.227 e. The molecule has 1 saturated heterocycles. The van der Waals surface area contributed by atoms with Crippen LogP contribution < -0.4 is 11.1 Å². The Hall–Kier alpha value is -1.88. The number of nitrogens with two attached hydrogens (primary N) is 1. The number of carbonyl (C=O) groups excluding carboxylic acids is 2. The molecule has 108 valence electrons. The van der Waals surface area contributed by atoms with Gasteiger partial charge in [0.15, 0.2) is 0 Å². The summed E-state index contributed by atoms with van der Waals surface area (Å²) < 4.78 is 0. The third-order valence-electron chi connectivity index (χ3n) is 3.58. The molecule has 2 amide bonds. The molecule has 0 aliphatic carbocycles. The van der Waals surface area contributed by atoms with Crippen LogP contribution in [0.5, 0.6) is 0 Å². The van der Waals surface area contributed by atoms with Gasteiger partial charge in [0.1, 0.15) is 0 Å². The first kappa shape index (κ1) is 14.5. The summed E-state index contributed by atoms with van der Waals surface area (Å²) in [6.45, 7) is 1.89. The lowest BCUT2D eigenvalue weighted by molar-refractivity contribution is -0.135. The molecule has 0 spiro atoms. The fraction of sp³-hybridized carbons (Fsp3) is 0.467. The van der Waals surface area contributed by atoms with Gasteiger partial charge in [-0.3, -0.25) is 9.59 Å². The fourth-order valence-electron chi connectivity index (χ4n) is 2.42. The molecule has 0 bridgehead atoms. The number of hydrogen-bond donors (Lipinski definition) is 2. The molecule has 1 aromatic rings. The summed E-state index contributed by atoms with van der Waals surface area (Å²) in [7, 11) is 0. The average molecular weight is 275 g/mol. The molecule has 0 radical (unpaired) electrons. The van der Waals surface area contributed by atoms with Gasteiger partial charge in [0.25, 0.3) is 0 Å². The number of rotatable bonds is 4. The van der Waals surface area contributed by atoms with E-state index in [0.717, 1.165) is 5.56 Å². The third-order valence-corrected chi connectivity index (χ3v) is 3.58. The highest BCUT2D eigenvalue weighted by atomic mass is 16.2. The molecule has 0 aromatic heterocycles. The second-order valence-corrected chi connectivity index (χ2v) is 5.05. The summed E-state index contributed by atoms with van der Waals surface area (Å²) in [5.41, 5.74) is 6.88. The Labute approximate surface area is 119 Å². The van der Waals surface area contributed by atoms with Crippen molar-refractivity contribution < 1.29 is 9.59 Å². The quantitative estimate of drug-likeness (QED) is 0.821. The van der Waals surface area contributed by atoms with Crippen molar-refractivity contribution >= 4 is 11.8 Å². The Bertz CT molecular complexity index is 461. The molecule has 1 aliphatic heterocycles. The van der Waals surface area contributed by atoms with E-state index in [4.69, 9.17) is 5.73 Å². The highest BCUT2D eigenvalue weighted by Gasteiger charge is 2.25. The van der Waals surface area contributed by atoms with Crippen molar-refractivity contribution in [3.63, 3.8) is 0 Å². The van der Waals surface area contributed by atoms with Gasteiger partial charge in [-0.15, -0.1) is 0 Å². The van der Waals surface area contributed by atoms with E-state index >= 15 is 0 Å². The maximum absolute atomic E-state index is 12.5. The Morgan fingerprint density at radius 3 is 2.75 bits per heavy atom. The highest BCUT2D eigenvalue weighted by molar-refractivity contribution is 5.82. The van der Waals surface area contributed by atoms with Crippen LogP contribution in [0.15, 0.2) is 30.3 Å². The summed E-state index contributed by atoms with van der Waals surface area (Å²) >= 11 is 0. The highest BCUT2D eigenvalue weighted by Crippen LogP contribution is 2.12. The van der Waals surface area contributed by atoms with Gasteiger partial charge in [0, 0.05) is 32.6 Å². The summed E-state index contributed by atoms with van der Waals surface area (Å²) in [6, 6.07) is 9.88. The normalized spacial score (nSPS) is 17.2. The standard InChI is InChI=1S/C15H21N3O2/c16-11-13(10-12-4-2-1-3-5-12)15(20)18-8-6-14(19)17-7-9-18/h1-5,13H,6-11,16H2,(H,17,19). The van der Waals surface area contributed by atoms with Crippen LogP contribution in [0.1, 0.15) is 12.0 Å². The van der Waals surface area contributed by atoms with Gasteiger partial charge < -0.3 is 16.0 Å². The van der Waals surface area contributed by atoms with Crippen LogP contribution in [-0.4, -0.2) is 42.9 Å². The van der Waals surface area contributed by atoms with Crippen molar-refractivity contribution in [2.45, 2.75) is 12.8 Å². The molecule has 1 unspecified atom stereocenters. The number of hydrogen-bond acceptors (Lipinski definition) is 3. The van der Waals surface area contributed by atoms with Crippen LogP contribution >= 0.6 is 0 Å². The summed E-state index contributed by atoms with van der Waals surface area (Å²) in [5, 5.41) is 2.77. The Morgan fingerprint density at radius 2 is 2.05 bits per heavy atom. The van der Waals surface area contributed by atoms with Gasteiger partial charge in [-0.1, -0.05) is 30.3 Å². The molecular formula is C15H21N3O2.